The molecular formula is C13H17Br2FN2. The van der Waals surface area contributed by atoms with Crippen molar-refractivity contribution < 1.29 is 4.39 Å². The van der Waals surface area contributed by atoms with E-state index in [1.807, 2.05) is 12.1 Å². The minimum Gasteiger partial charge on any atom is -0.314 e. The van der Waals surface area contributed by atoms with Crippen molar-refractivity contribution in [3.05, 3.63) is 32.7 Å². The summed E-state index contributed by atoms with van der Waals surface area (Å²) in [7, 11) is 0. The highest BCUT2D eigenvalue weighted by Crippen LogP contribution is 2.32. The molecule has 1 N–H and O–H groups in total. The number of benzene rings is 1. The van der Waals surface area contributed by atoms with Crippen molar-refractivity contribution in [3.8, 4) is 0 Å². The van der Waals surface area contributed by atoms with E-state index in [4.69, 9.17) is 0 Å². The molecule has 2 nitrogen and oxygen atoms in total. The van der Waals surface area contributed by atoms with Crippen LogP contribution in [0.1, 0.15) is 18.0 Å². The van der Waals surface area contributed by atoms with E-state index >= 15 is 0 Å². The van der Waals surface area contributed by atoms with Crippen LogP contribution in [0.5, 0.6) is 0 Å². The van der Waals surface area contributed by atoms with Gasteiger partial charge in [-0.1, -0.05) is 31.9 Å². The minimum atomic E-state index is -0.284. The van der Waals surface area contributed by atoms with Gasteiger partial charge in [-0.05, 0) is 30.2 Å². The van der Waals surface area contributed by atoms with Gasteiger partial charge in [0.15, 0.2) is 0 Å². The molecule has 0 radical (unpaired) electrons. The molecule has 1 fully saturated rings. The molecular weight excluding hydrogens is 363 g/mol. The van der Waals surface area contributed by atoms with Crippen molar-refractivity contribution in [2.45, 2.75) is 12.5 Å². The molecule has 5 heteroatoms. The first-order valence-corrected chi connectivity index (χ1v) is 7.76. The van der Waals surface area contributed by atoms with Crippen LogP contribution in [0.2, 0.25) is 0 Å². The van der Waals surface area contributed by atoms with E-state index in [1.54, 1.807) is 0 Å². The Bertz CT molecular complexity index is 395. The Labute approximate surface area is 124 Å². The summed E-state index contributed by atoms with van der Waals surface area (Å²) in [5.74, 6) is 0. The summed E-state index contributed by atoms with van der Waals surface area (Å²) in [6.45, 7) is 3.63. The molecule has 1 aliphatic heterocycles. The van der Waals surface area contributed by atoms with Crippen molar-refractivity contribution >= 4 is 31.9 Å². The molecule has 1 aromatic carbocycles. The second-order valence-electron chi connectivity index (χ2n) is 4.45. The van der Waals surface area contributed by atoms with Crippen molar-refractivity contribution in [1.29, 1.82) is 0 Å². The van der Waals surface area contributed by atoms with Crippen LogP contribution in [-0.2, 0) is 0 Å². The highest BCUT2D eigenvalue weighted by molar-refractivity contribution is 9.11. The first-order valence-electron chi connectivity index (χ1n) is 6.18. The lowest BCUT2D eigenvalue weighted by atomic mass is 10.0. The van der Waals surface area contributed by atoms with Crippen molar-refractivity contribution in [2.24, 2.45) is 0 Å². The number of hydrogen-bond donors (Lipinski definition) is 1. The zero-order valence-corrected chi connectivity index (χ0v) is 13.3. The quantitative estimate of drug-likeness (QED) is 0.860. The van der Waals surface area contributed by atoms with Crippen molar-refractivity contribution in [2.75, 3.05) is 32.9 Å². The van der Waals surface area contributed by atoms with Crippen LogP contribution in [0.15, 0.2) is 27.1 Å². The first-order chi connectivity index (χ1) is 8.72. The smallest absolute Gasteiger partial charge is 0.0912 e. The molecule has 0 spiro atoms. The molecule has 0 amide bonds. The molecule has 100 valence electrons. The lowest BCUT2D eigenvalue weighted by Gasteiger charge is -2.35. The number of hydrogen-bond acceptors (Lipinski definition) is 2. The van der Waals surface area contributed by atoms with Gasteiger partial charge in [0.2, 0.25) is 0 Å². The third-order valence-corrected chi connectivity index (χ3v) is 4.51. The Hall–Kier alpha value is 0.0300. The lowest BCUT2D eigenvalue weighted by Crippen LogP contribution is -2.45. The van der Waals surface area contributed by atoms with Crippen molar-refractivity contribution in [3.63, 3.8) is 0 Å². The molecule has 1 saturated heterocycles. The van der Waals surface area contributed by atoms with Gasteiger partial charge in [0.1, 0.15) is 0 Å². The largest absolute Gasteiger partial charge is 0.314 e. The van der Waals surface area contributed by atoms with Crippen LogP contribution in [0.4, 0.5) is 4.39 Å². The molecule has 0 saturated carbocycles. The molecule has 0 bridgehead atoms. The third kappa shape index (κ3) is 3.53. The number of halogens is 3. The molecule has 0 aliphatic carbocycles. The average Bonchev–Trinajstić information content (AvgIpc) is 2.40. The standard InChI is InChI=1S/C13H17Br2FN2/c14-10-1-2-12(15)11(9-10)13(3-4-16)18-7-5-17-6-8-18/h1-2,9,13,17H,3-8H2/t13-/m0/s1. The maximum Gasteiger partial charge on any atom is 0.0912 e. The number of nitrogens with one attached hydrogen (secondary N) is 1. The number of piperazine rings is 1. The molecule has 1 atom stereocenters. The molecule has 0 unspecified atom stereocenters. The molecule has 1 aliphatic rings. The van der Waals surface area contributed by atoms with E-state index in [9.17, 15) is 4.39 Å². The maximum atomic E-state index is 12.8. The highest BCUT2D eigenvalue weighted by atomic mass is 79.9. The molecule has 1 aromatic rings. The fourth-order valence-electron chi connectivity index (χ4n) is 2.40. The van der Waals surface area contributed by atoms with Gasteiger partial charge < -0.3 is 5.32 Å². The second-order valence-corrected chi connectivity index (χ2v) is 6.22. The summed E-state index contributed by atoms with van der Waals surface area (Å²) in [4.78, 5) is 2.36. The van der Waals surface area contributed by atoms with E-state index in [2.05, 4.69) is 48.1 Å². The SMILES string of the molecule is FCC[C@@H](c1cc(Br)ccc1Br)N1CCNCC1. The molecule has 1 heterocycles. The van der Waals surface area contributed by atoms with Crippen LogP contribution in [0.3, 0.4) is 0 Å². The lowest BCUT2D eigenvalue weighted by molar-refractivity contribution is 0.157. The summed E-state index contributed by atoms with van der Waals surface area (Å²) in [6, 6.07) is 6.26. The van der Waals surface area contributed by atoms with Gasteiger partial charge in [-0.2, -0.15) is 0 Å². The summed E-state index contributed by atoms with van der Waals surface area (Å²) < 4.78 is 14.9. The van der Waals surface area contributed by atoms with Gasteiger partial charge in [-0.25, -0.2) is 0 Å². The van der Waals surface area contributed by atoms with Crippen LogP contribution < -0.4 is 5.32 Å². The Morgan fingerprint density at radius 1 is 1.28 bits per heavy atom. The van der Waals surface area contributed by atoms with Gasteiger partial charge in [-0.3, -0.25) is 9.29 Å². The number of nitrogens with zero attached hydrogens (tertiary/aromatic N) is 1. The predicted molar refractivity (Wildman–Crippen MR) is 79.6 cm³/mol. The summed E-state index contributed by atoms with van der Waals surface area (Å²) in [5.41, 5.74) is 1.17. The second kappa shape index (κ2) is 6.98. The van der Waals surface area contributed by atoms with E-state index < -0.39 is 0 Å². The van der Waals surface area contributed by atoms with Gasteiger partial charge in [-0.15, -0.1) is 0 Å². The van der Waals surface area contributed by atoms with E-state index in [1.165, 1.54) is 5.56 Å². The zero-order valence-electron chi connectivity index (χ0n) is 10.1. The third-order valence-electron chi connectivity index (χ3n) is 3.29. The van der Waals surface area contributed by atoms with E-state index in [0.717, 1.165) is 35.1 Å². The topological polar surface area (TPSA) is 15.3 Å². The summed E-state index contributed by atoms with van der Waals surface area (Å²) in [6.07, 6.45) is 0.551. The Morgan fingerprint density at radius 3 is 2.67 bits per heavy atom. The van der Waals surface area contributed by atoms with Crippen LogP contribution >= 0.6 is 31.9 Å². The van der Waals surface area contributed by atoms with Crippen LogP contribution in [-0.4, -0.2) is 37.8 Å². The van der Waals surface area contributed by atoms with E-state index in [0.29, 0.717) is 6.42 Å². The zero-order chi connectivity index (χ0) is 13.0. The van der Waals surface area contributed by atoms with Gasteiger partial charge in [0.25, 0.3) is 0 Å². The molecule has 2 rings (SSSR count). The van der Waals surface area contributed by atoms with Gasteiger partial charge >= 0.3 is 0 Å². The predicted octanol–water partition coefficient (Wildman–Crippen LogP) is 3.52. The highest BCUT2D eigenvalue weighted by Gasteiger charge is 2.23. The number of rotatable bonds is 4. The Kier molecular flexibility index (Phi) is 5.60. The summed E-state index contributed by atoms with van der Waals surface area (Å²) in [5, 5.41) is 3.33. The van der Waals surface area contributed by atoms with Crippen LogP contribution in [0, 0.1) is 0 Å². The first kappa shape index (κ1) is 14.4. The normalized spacial score (nSPS) is 18.8. The van der Waals surface area contributed by atoms with E-state index in [-0.39, 0.29) is 12.7 Å². The van der Waals surface area contributed by atoms with Gasteiger partial charge in [0, 0.05) is 41.2 Å². The fraction of sp³-hybridized carbons (Fsp3) is 0.538. The van der Waals surface area contributed by atoms with Crippen molar-refractivity contribution in [1.82, 2.24) is 10.2 Å². The molecule has 0 aromatic heterocycles. The minimum absolute atomic E-state index is 0.156. The monoisotopic (exact) mass is 378 g/mol. The number of alkyl halides is 1. The van der Waals surface area contributed by atoms with Gasteiger partial charge in [0.05, 0.1) is 6.67 Å². The molecule has 18 heavy (non-hydrogen) atoms. The Balaban J connectivity index is 2.24. The average molecular weight is 380 g/mol. The van der Waals surface area contributed by atoms with Crippen LogP contribution in [0.25, 0.3) is 0 Å². The Morgan fingerprint density at radius 2 is 2.00 bits per heavy atom. The maximum absolute atomic E-state index is 12.8. The fourth-order valence-corrected chi connectivity index (χ4v) is 3.29. The summed E-state index contributed by atoms with van der Waals surface area (Å²) >= 11 is 7.08.